The Bertz CT molecular complexity index is 393. The van der Waals surface area contributed by atoms with Gasteiger partial charge in [0.05, 0.1) is 0 Å². The summed E-state index contributed by atoms with van der Waals surface area (Å²) in [6.07, 6.45) is 0.886. The highest BCUT2D eigenvalue weighted by molar-refractivity contribution is 5.52. The first-order valence-electron chi connectivity index (χ1n) is 6.53. The number of ether oxygens (including phenoxy) is 1. The van der Waals surface area contributed by atoms with Crippen molar-refractivity contribution in [3.05, 3.63) is 17.7 Å². The Kier molecular flexibility index (Phi) is 6.45. The summed E-state index contributed by atoms with van der Waals surface area (Å²) in [5.74, 6) is -0.517. The van der Waals surface area contributed by atoms with Crippen LogP contribution in [0.1, 0.15) is 25.8 Å². The van der Waals surface area contributed by atoms with Crippen molar-refractivity contribution in [1.82, 2.24) is 5.32 Å². The Morgan fingerprint density at radius 1 is 1.16 bits per heavy atom. The van der Waals surface area contributed by atoms with Crippen molar-refractivity contribution in [1.29, 1.82) is 0 Å². The van der Waals surface area contributed by atoms with E-state index in [9.17, 15) is 15.3 Å². The third-order valence-electron chi connectivity index (χ3n) is 2.62. The van der Waals surface area contributed by atoms with Gasteiger partial charge in [-0.2, -0.15) is 0 Å². The molecule has 0 saturated carbocycles. The lowest BCUT2D eigenvalue weighted by Gasteiger charge is -2.09. The van der Waals surface area contributed by atoms with E-state index >= 15 is 0 Å². The Labute approximate surface area is 113 Å². The largest absolute Gasteiger partial charge is 0.504 e. The first-order chi connectivity index (χ1) is 9.02. The maximum absolute atomic E-state index is 9.61. The van der Waals surface area contributed by atoms with Crippen LogP contribution < -0.4 is 5.32 Å². The molecule has 0 radical (unpaired) electrons. The van der Waals surface area contributed by atoms with Gasteiger partial charge in [-0.25, -0.2) is 0 Å². The second-order valence-electron chi connectivity index (χ2n) is 4.94. The smallest absolute Gasteiger partial charge is 0.200 e. The third-order valence-corrected chi connectivity index (χ3v) is 2.62. The maximum atomic E-state index is 9.61. The minimum absolute atomic E-state index is 0.274. The quantitative estimate of drug-likeness (QED) is 0.428. The van der Waals surface area contributed by atoms with Gasteiger partial charge >= 0.3 is 0 Å². The number of benzene rings is 1. The highest BCUT2D eigenvalue weighted by Gasteiger charge is 2.10. The van der Waals surface area contributed by atoms with Crippen LogP contribution in [0.25, 0.3) is 0 Å². The van der Waals surface area contributed by atoms with Crippen molar-refractivity contribution in [3.8, 4) is 17.2 Å². The molecule has 0 spiro atoms. The molecule has 108 valence electrons. The summed E-state index contributed by atoms with van der Waals surface area (Å²) >= 11 is 0. The molecule has 1 rings (SSSR count). The molecule has 0 unspecified atom stereocenters. The highest BCUT2D eigenvalue weighted by Crippen LogP contribution is 2.36. The van der Waals surface area contributed by atoms with Gasteiger partial charge in [-0.3, -0.25) is 0 Å². The Morgan fingerprint density at radius 3 is 2.58 bits per heavy atom. The number of hydrogen-bond donors (Lipinski definition) is 4. The highest BCUT2D eigenvalue weighted by atomic mass is 16.5. The molecule has 0 bridgehead atoms. The van der Waals surface area contributed by atoms with Crippen molar-refractivity contribution >= 4 is 0 Å². The molecule has 5 nitrogen and oxygen atoms in total. The van der Waals surface area contributed by atoms with Gasteiger partial charge in [0.2, 0.25) is 5.75 Å². The lowest BCUT2D eigenvalue weighted by Crippen LogP contribution is -2.17. The van der Waals surface area contributed by atoms with Crippen molar-refractivity contribution in [2.75, 3.05) is 19.8 Å². The Balaban J connectivity index is 2.21. The summed E-state index contributed by atoms with van der Waals surface area (Å²) in [5, 5.41) is 31.3. The number of aromatic hydroxyl groups is 3. The Hall–Kier alpha value is -1.46. The molecule has 0 aliphatic heterocycles. The first-order valence-corrected chi connectivity index (χ1v) is 6.53. The van der Waals surface area contributed by atoms with E-state index in [-0.39, 0.29) is 11.5 Å². The third kappa shape index (κ3) is 5.36. The predicted molar refractivity (Wildman–Crippen MR) is 73.4 cm³/mol. The van der Waals surface area contributed by atoms with E-state index in [1.54, 1.807) is 6.07 Å². The van der Waals surface area contributed by atoms with Crippen LogP contribution in [0.5, 0.6) is 17.2 Å². The van der Waals surface area contributed by atoms with Gasteiger partial charge in [0.25, 0.3) is 0 Å². The number of phenols is 3. The van der Waals surface area contributed by atoms with Crippen LogP contribution in [0.4, 0.5) is 0 Å². The van der Waals surface area contributed by atoms with Crippen LogP contribution >= 0.6 is 0 Å². The lowest BCUT2D eigenvalue weighted by molar-refractivity contribution is 0.108. The first kappa shape index (κ1) is 15.6. The van der Waals surface area contributed by atoms with Crippen LogP contribution in [0.3, 0.4) is 0 Å². The molecule has 0 aromatic heterocycles. The SMILES string of the molecule is CC(C)COCCCNCc1ccc(O)c(O)c1O. The van der Waals surface area contributed by atoms with Crippen molar-refractivity contribution < 1.29 is 20.1 Å². The maximum Gasteiger partial charge on any atom is 0.200 e. The minimum Gasteiger partial charge on any atom is -0.504 e. The van der Waals surface area contributed by atoms with Gasteiger partial charge < -0.3 is 25.4 Å². The van der Waals surface area contributed by atoms with Crippen LogP contribution in [0.15, 0.2) is 12.1 Å². The second kappa shape index (κ2) is 7.86. The Morgan fingerprint density at radius 2 is 1.89 bits per heavy atom. The second-order valence-corrected chi connectivity index (χ2v) is 4.94. The zero-order chi connectivity index (χ0) is 14.3. The number of nitrogens with one attached hydrogen (secondary N) is 1. The summed E-state index contributed by atoms with van der Waals surface area (Å²) in [6, 6.07) is 2.93. The van der Waals surface area contributed by atoms with Gasteiger partial charge in [0, 0.05) is 25.3 Å². The molecule has 1 aromatic rings. The van der Waals surface area contributed by atoms with E-state index in [2.05, 4.69) is 19.2 Å². The van der Waals surface area contributed by atoms with Crippen molar-refractivity contribution in [2.45, 2.75) is 26.8 Å². The standard InChI is InChI=1S/C14H23NO4/c1-10(2)9-19-7-3-6-15-8-11-4-5-12(16)14(18)13(11)17/h4-5,10,15-18H,3,6-9H2,1-2H3. The van der Waals surface area contributed by atoms with Crippen LogP contribution in [0.2, 0.25) is 0 Å². The van der Waals surface area contributed by atoms with Gasteiger partial charge in [-0.05, 0) is 24.9 Å². The fourth-order valence-corrected chi connectivity index (χ4v) is 1.59. The molecule has 0 aliphatic rings. The van der Waals surface area contributed by atoms with Gasteiger partial charge in [-0.1, -0.05) is 19.9 Å². The molecule has 0 heterocycles. The molecule has 5 heteroatoms. The lowest BCUT2D eigenvalue weighted by atomic mass is 10.1. The van der Waals surface area contributed by atoms with E-state index in [1.165, 1.54) is 6.07 Å². The van der Waals surface area contributed by atoms with Crippen molar-refractivity contribution in [3.63, 3.8) is 0 Å². The van der Waals surface area contributed by atoms with Gasteiger partial charge in [0.15, 0.2) is 11.5 Å². The van der Waals surface area contributed by atoms with Gasteiger partial charge in [0.1, 0.15) is 0 Å². The molecular formula is C14H23NO4. The number of hydrogen-bond acceptors (Lipinski definition) is 5. The van der Waals surface area contributed by atoms with Crippen LogP contribution in [0, 0.1) is 5.92 Å². The van der Waals surface area contributed by atoms with E-state index in [4.69, 9.17) is 4.74 Å². The van der Waals surface area contributed by atoms with E-state index < -0.39 is 5.75 Å². The summed E-state index contributed by atoms with van der Waals surface area (Å²) < 4.78 is 5.44. The topological polar surface area (TPSA) is 82.0 Å². The fraction of sp³-hybridized carbons (Fsp3) is 0.571. The number of rotatable bonds is 8. The molecule has 0 saturated heterocycles. The zero-order valence-corrected chi connectivity index (χ0v) is 11.5. The molecule has 0 aliphatic carbocycles. The molecule has 0 fully saturated rings. The predicted octanol–water partition coefficient (Wildman–Crippen LogP) is 1.96. The molecule has 1 aromatic carbocycles. The minimum atomic E-state index is -0.473. The summed E-state index contributed by atoms with van der Waals surface area (Å²) in [6.45, 7) is 6.89. The molecular weight excluding hydrogens is 246 g/mol. The van der Waals surface area contributed by atoms with Gasteiger partial charge in [-0.15, -0.1) is 0 Å². The monoisotopic (exact) mass is 269 g/mol. The molecule has 0 amide bonds. The van der Waals surface area contributed by atoms with E-state index in [0.717, 1.165) is 19.6 Å². The molecule has 0 atom stereocenters. The molecule has 19 heavy (non-hydrogen) atoms. The van der Waals surface area contributed by atoms with Crippen molar-refractivity contribution in [2.24, 2.45) is 5.92 Å². The summed E-state index contributed by atoms with van der Waals surface area (Å²) in [4.78, 5) is 0. The molecule has 4 N–H and O–H groups in total. The van der Waals surface area contributed by atoms with E-state index in [1.807, 2.05) is 0 Å². The number of phenolic OH excluding ortho intramolecular Hbond substituents is 3. The fourth-order valence-electron chi connectivity index (χ4n) is 1.59. The van der Waals surface area contributed by atoms with Crippen LogP contribution in [-0.2, 0) is 11.3 Å². The van der Waals surface area contributed by atoms with Crippen LogP contribution in [-0.4, -0.2) is 35.1 Å². The average Bonchev–Trinajstić information content (AvgIpc) is 2.37. The normalized spacial score (nSPS) is 11.1. The summed E-state index contributed by atoms with van der Waals surface area (Å²) in [5.41, 5.74) is 0.554. The average molecular weight is 269 g/mol. The zero-order valence-electron chi connectivity index (χ0n) is 11.5. The van der Waals surface area contributed by atoms with E-state index in [0.29, 0.717) is 24.6 Å². The summed E-state index contributed by atoms with van der Waals surface area (Å²) in [7, 11) is 0.